The van der Waals surface area contributed by atoms with Gasteiger partial charge in [0.15, 0.2) is 18.1 Å². The summed E-state index contributed by atoms with van der Waals surface area (Å²) in [7, 11) is 1.29. The SMILES string of the molecule is COc1cc(/C=C/C(=O)OCC(=O)NC(=O)NC2CCCCC2)ccc1OC(F)F. The van der Waals surface area contributed by atoms with Gasteiger partial charge in [-0.2, -0.15) is 8.78 Å². The number of amides is 3. The van der Waals surface area contributed by atoms with E-state index in [-0.39, 0.29) is 17.5 Å². The average molecular weight is 426 g/mol. The Balaban J connectivity index is 1.77. The number of imide groups is 1. The number of carbonyl (C=O) groups is 3. The number of methoxy groups -OCH3 is 1. The van der Waals surface area contributed by atoms with Crippen molar-refractivity contribution in [2.75, 3.05) is 13.7 Å². The number of alkyl halides is 2. The van der Waals surface area contributed by atoms with Crippen molar-refractivity contribution in [3.63, 3.8) is 0 Å². The quantitative estimate of drug-likeness (QED) is 0.489. The molecular weight excluding hydrogens is 402 g/mol. The van der Waals surface area contributed by atoms with Gasteiger partial charge in [-0.15, -0.1) is 0 Å². The van der Waals surface area contributed by atoms with Crippen LogP contribution in [-0.2, 0) is 14.3 Å². The van der Waals surface area contributed by atoms with Crippen LogP contribution in [0.15, 0.2) is 24.3 Å². The van der Waals surface area contributed by atoms with Crippen LogP contribution in [0, 0.1) is 0 Å². The molecule has 8 nitrogen and oxygen atoms in total. The largest absolute Gasteiger partial charge is 0.493 e. The zero-order chi connectivity index (χ0) is 21.9. The highest BCUT2D eigenvalue weighted by molar-refractivity contribution is 5.96. The lowest BCUT2D eigenvalue weighted by atomic mass is 9.96. The Kier molecular flexibility index (Phi) is 9.04. The Bertz CT molecular complexity index is 779. The summed E-state index contributed by atoms with van der Waals surface area (Å²) in [6, 6.07) is 3.54. The minimum Gasteiger partial charge on any atom is -0.493 e. The Morgan fingerprint density at radius 1 is 1.17 bits per heavy atom. The summed E-state index contributed by atoms with van der Waals surface area (Å²) in [4.78, 5) is 35.2. The van der Waals surface area contributed by atoms with Gasteiger partial charge in [0.25, 0.3) is 5.91 Å². The lowest BCUT2D eigenvalue weighted by molar-refractivity contribution is -0.143. The van der Waals surface area contributed by atoms with Crippen molar-refractivity contribution in [3.8, 4) is 11.5 Å². The number of benzene rings is 1. The third-order valence-corrected chi connectivity index (χ3v) is 4.35. The zero-order valence-electron chi connectivity index (χ0n) is 16.5. The summed E-state index contributed by atoms with van der Waals surface area (Å²) in [5.41, 5.74) is 0.460. The van der Waals surface area contributed by atoms with Crippen molar-refractivity contribution in [3.05, 3.63) is 29.8 Å². The minimum atomic E-state index is -2.99. The first-order valence-corrected chi connectivity index (χ1v) is 9.45. The fraction of sp³-hybridized carbons (Fsp3) is 0.450. The van der Waals surface area contributed by atoms with Crippen molar-refractivity contribution in [2.24, 2.45) is 0 Å². The summed E-state index contributed by atoms with van der Waals surface area (Å²) >= 11 is 0. The van der Waals surface area contributed by atoms with Gasteiger partial charge >= 0.3 is 18.6 Å². The number of esters is 1. The second-order valence-corrected chi connectivity index (χ2v) is 6.59. The molecule has 1 saturated carbocycles. The van der Waals surface area contributed by atoms with Gasteiger partial charge in [-0.25, -0.2) is 9.59 Å². The topological polar surface area (TPSA) is 103 Å². The van der Waals surface area contributed by atoms with Gasteiger partial charge in [0.1, 0.15) is 0 Å². The molecule has 10 heteroatoms. The van der Waals surface area contributed by atoms with Crippen molar-refractivity contribution in [1.82, 2.24) is 10.6 Å². The van der Waals surface area contributed by atoms with E-state index in [9.17, 15) is 23.2 Å². The van der Waals surface area contributed by atoms with Crippen LogP contribution in [0.25, 0.3) is 6.08 Å². The van der Waals surface area contributed by atoms with E-state index in [0.29, 0.717) is 5.56 Å². The van der Waals surface area contributed by atoms with E-state index >= 15 is 0 Å². The molecule has 0 saturated heterocycles. The van der Waals surface area contributed by atoms with E-state index in [2.05, 4.69) is 15.4 Å². The van der Waals surface area contributed by atoms with Gasteiger partial charge in [-0.3, -0.25) is 10.1 Å². The fourth-order valence-electron chi connectivity index (χ4n) is 2.96. The average Bonchev–Trinajstić information content (AvgIpc) is 2.71. The first kappa shape index (κ1) is 23.1. The second-order valence-electron chi connectivity index (χ2n) is 6.59. The van der Waals surface area contributed by atoms with Crippen LogP contribution in [0.5, 0.6) is 11.5 Å². The number of urea groups is 1. The summed E-state index contributed by atoms with van der Waals surface area (Å²) in [6.07, 6.45) is 7.38. The fourth-order valence-corrected chi connectivity index (χ4v) is 2.96. The molecule has 2 rings (SSSR count). The number of hydrogen-bond acceptors (Lipinski definition) is 6. The van der Waals surface area contributed by atoms with Gasteiger partial charge in [0.2, 0.25) is 0 Å². The Morgan fingerprint density at radius 2 is 1.90 bits per heavy atom. The molecule has 2 N–H and O–H groups in total. The molecular formula is C20H24F2N2O6. The lowest BCUT2D eigenvalue weighted by Gasteiger charge is -2.22. The highest BCUT2D eigenvalue weighted by Crippen LogP contribution is 2.29. The summed E-state index contributed by atoms with van der Waals surface area (Å²) in [5.74, 6) is -1.64. The number of halogens is 2. The van der Waals surface area contributed by atoms with Gasteiger partial charge in [-0.05, 0) is 36.6 Å². The molecule has 1 aromatic rings. The maximum Gasteiger partial charge on any atom is 0.387 e. The standard InChI is InChI=1S/C20H24F2N2O6/c1-28-16-11-13(7-9-15(16)30-19(21)22)8-10-18(26)29-12-17(25)24-20(27)23-14-5-3-2-4-6-14/h7-11,14,19H,2-6,12H2,1H3,(H2,23,24,25,27)/b10-8+. The predicted octanol–water partition coefficient (Wildman–Crippen LogP) is 3.01. The van der Waals surface area contributed by atoms with Crippen LogP contribution in [-0.4, -0.2) is 44.3 Å². The highest BCUT2D eigenvalue weighted by atomic mass is 19.3. The molecule has 0 unspecified atom stereocenters. The van der Waals surface area contributed by atoms with E-state index in [4.69, 9.17) is 9.47 Å². The van der Waals surface area contributed by atoms with Crippen molar-refractivity contribution in [1.29, 1.82) is 0 Å². The van der Waals surface area contributed by atoms with Crippen molar-refractivity contribution >= 4 is 24.0 Å². The maximum absolute atomic E-state index is 12.3. The van der Waals surface area contributed by atoms with E-state index in [1.807, 2.05) is 0 Å². The van der Waals surface area contributed by atoms with Crippen LogP contribution in [0.4, 0.5) is 13.6 Å². The van der Waals surface area contributed by atoms with Gasteiger partial charge in [0.05, 0.1) is 7.11 Å². The molecule has 0 spiro atoms. The number of rotatable bonds is 8. The molecule has 3 amide bonds. The van der Waals surface area contributed by atoms with Crippen LogP contribution < -0.4 is 20.1 Å². The van der Waals surface area contributed by atoms with E-state index in [1.165, 1.54) is 31.4 Å². The first-order valence-electron chi connectivity index (χ1n) is 9.45. The predicted molar refractivity (Wildman–Crippen MR) is 103 cm³/mol. The number of carbonyl (C=O) groups excluding carboxylic acids is 3. The molecule has 0 heterocycles. The molecule has 1 fully saturated rings. The molecule has 164 valence electrons. The summed E-state index contributed by atoms with van der Waals surface area (Å²) in [5, 5.41) is 4.83. The zero-order valence-corrected chi connectivity index (χ0v) is 16.5. The molecule has 1 aromatic carbocycles. The van der Waals surface area contributed by atoms with Crippen LogP contribution in [0.1, 0.15) is 37.7 Å². The summed E-state index contributed by atoms with van der Waals surface area (Å²) < 4.78 is 38.7. The molecule has 0 aromatic heterocycles. The Hall–Kier alpha value is -3.17. The number of hydrogen-bond donors (Lipinski definition) is 2. The van der Waals surface area contributed by atoms with E-state index in [1.54, 1.807) is 0 Å². The molecule has 30 heavy (non-hydrogen) atoms. The molecule has 1 aliphatic rings. The van der Waals surface area contributed by atoms with Crippen LogP contribution in [0.3, 0.4) is 0 Å². The number of ether oxygens (including phenoxy) is 3. The highest BCUT2D eigenvalue weighted by Gasteiger charge is 2.17. The molecule has 1 aliphatic carbocycles. The maximum atomic E-state index is 12.3. The lowest BCUT2D eigenvalue weighted by Crippen LogP contribution is -2.46. The minimum absolute atomic E-state index is 0.0477. The van der Waals surface area contributed by atoms with Crippen LogP contribution >= 0.6 is 0 Å². The molecule has 0 bridgehead atoms. The Labute approximate surface area is 172 Å². The third kappa shape index (κ3) is 8.06. The normalized spacial score (nSPS) is 14.4. The molecule has 0 atom stereocenters. The molecule has 0 aliphatic heterocycles. The smallest absolute Gasteiger partial charge is 0.387 e. The first-order chi connectivity index (χ1) is 14.4. The van der Waals surface area contributed by atoms with E-state index < -0.39 is 31.1 Å². The third-order valence-electron chi connectivity index (χ3n) is 4.35. The van der Waals surface area contributed by atoms with Gasteiger partial charge < -0.3 is 19.5 Å². The second kappa shape index (κ2) is 11.7. The summed E-state index contributed by atoms with van der Waals surface area (Å²) in [6.45, 7) is -3.61. The number of nitrogens with one attached hydrogen (secondary N) is 2. The van der Waals surface area contributed by atoms with Crippen molar-refractivity contribution < 1.29 is 37.4 Å². The van der Waals surface area contributed by atoms with Crippen LogP contribution in [0.2, 0.25) is 0 Å². The van der Waals surface area contributed by atoms with Gasteiger partial charge in [0, 0.05) is 12.1 Å². The molecule has 0 radical (unpaired) electrons. The van der Waals surface area contributed by atoms with Gasteiger partial charge in [-0.1, -0.05) is 25.3 Å². The van der Waals surface area contributed by atoms with E-state index in [0.717, 1.165) is 38.2 Å². The van der Waals surface area contributed by atoms with Crippen molar-refractivity contribution in [2.45, 2.75) is 44.8 Å². The monoisotopic (exact) mass is 426 g/mol. The Morgan fingerprint density at radius 3 is 2.57 bits per heavy atom.